The predicted molar refractivity (Wildman–Crippen MR) is 94.4 cm³/mol. The maximum atomic E-state index is 6.21. The topological polar surface area (TPSA) is 81.3 Å². The van der Waals surface area contributed by atoms with Crippen LogP contribution in [0.4, 0.5) is 34.1 Å². The van der Waals surface area contributed by atoms with Gasteiger partial charge in [-0.1, -0.05) is 36.4 Å². The fourth-order valence-electron chi connectivity index (χ4n) is 2.42. The van der Waals surface area contributed by atoms with E-state index in [1.54, 1.807) is 6.07 Å². The van der Waals surface area contributed by atoms with Crippen LogP contribution >= 0.6 is 0 Å². The number of hydrogen-bond donors (Lipinski definition) is 3. The van der Waals surface area contributed by atoms with Crippen LogP contribution < -0.4 is 22.1 Å². The lowest BCUT2D eigenvalue weighted by molar-refractivity contribution is 1.29. The molecule has 0 atom stereocenters. The van der Waals surface area contributed by atoms with Crippen LogP contribution in [-0.4, -0.2) is 0 Å². The van der Waals surface area contributed by atoms with Crippen LogP contribution in [0.2, 0.25) is 0 Å². The summed E-state index contributed by atoms with van der Waals surface area (Å²) in [5.41, 5.74) is 22.3. The van der Waals surface area contributed by atoms with Gasteiger partial charge < -0.3 is 22.1 Å². The van der Waals surface area contributed by atoms with Crippen LogP contribution in [0.5, 0.6) is 0 Å². The Kier molecular flexibility index (Phi) is 3.58. The van der Waals surface area contributed by atoms with Gasteiger partial charge in [0.15, 0.2) is 0 Å². The van der Waals surface area contributed by atoms with Crippen LogP contribution in [0.15, 0.2) is 72.8 Å². The first-order valence-electron chi connectivity index (χ1n) is 7.02. The molecule has 0 radical (unpaired) electrons. The summed E-state index contributed by atoms with van der Waals surface area (Å²) in [4.78, 5) is 2.06. The van der Waals surface area contributed by atoms with Crippen molar-refractivity contribution >= 4 is 34.1 Å². The predicted octanol–water partition coefficient (Wildman–Crippen LogP) is 3.90. The van der Waals surface area contributed by atoms with Crippen LogP contribution in [0.25, 0.3) is 0 Å². The van der Waals surface area contributed by atoms with Gasteiger partial charge in [0, 0.05) is 11.4 Å². The molecule has 110 valence electrons. The molecule has 0 spiro atoms. The van der Waals surface area contributed by atoms with Gasteiger partial charge in [0.25, 0.3) is 0 Å². The van der Waals surface area contributed by atoms with E-state index in [4.69, 9.17) is 17.2 Å². The van der Waals surface area contributed by atoms with Crippen molar-refractivity contribution in [1.29, 1.82) is 0 Å². The Bertz CT molecular complexity index is 730. The minimum Gasteiger partial charge on any atom is -0.397 e. The molecule has 3 aromatic carbocycles. The zero-order valence-corrected chi connectivity index (χ0v) is 12.1. The highest BCUT2D eigenvalue weighted by molar-refractivity contribution is 5.93. The maximum Gasteiger partial charge on any atom is 0.0814 e. The molecule has 0 heterocycles. The Morgan fingerprint density at radius 3 is 1.55 bits per heavy atom. The minimum atomic E-state index is 0.411. The normalized spacial score (nSPS) is 10.4. The van der Waals surface area contributed by atoms with E-state index in [9.17, 15) is 0 Å². The van der Waals surface area contributed by atoms with Gasteiger partial charge in [-0.15, -0.1) is 0 Å². The molecule has 0 aromatic heterocycles. The Morgan fingerprint density at radius 1 is 0.545 bits per heavy atom. The van der Waals surface area contributed by atoms with E-state index in [1.807, 2.05) is 66.7 Å². The molecule has 0 unspecified atom stereocenters. The second kappa shape index (κ2) is 5.69. The van der Waals surface area contributed by atoms with E-state index < -0.39 is 0 Å². The molecule has 22 heavy (non-hydrogen) atoms. The summed E-state index contributed by atoms with van der Waals surface area (Å²) in [5, 5.41) is 0. The molecular weight excluding hydrogens is 272 g/mol. The molecule has 0 aliphatic carbocycles. The second-order valence-corrected chi connectivity index (χ2v) is 5.01. The van der Waals surface area contributed by atoms with E-state index in [1.165, 1.54) is 0 Å². The van der Waals surface area contributed by atoms with E-state index in [0.29, 0.717) is 17.1 Å². The van der Waals surface area contributed by atoms with Gasteiger partial charge in [-0.2, -0.15) is 0 Å². The molecule has 0 aliphatic heterocycles. The average Bonchev–Trinajstić information content (AvgIpc) is 2.57. The van der Waals surface area contributed by atoms with E-state index in [2.05, 4.69) is 4.90 Å². The van der Waals surface area contributed by atoms with E-state index >= 15 is 0 Å². The summed E-state index contributed by atoms with van der Waals surface area (Å²) >= 11 is 0. The van der Waals surface area contributed by atoms with Gasteiger partial charge in [-0.25, -0.2) is 0 Å². The average molecular weight is 290 g/mol. The van der Waals surface area contributed by atoms with Crippen molar-refractivity contribution in [1.82, 2.24) is 0 Å². The number of benzene rings is 3. The van der Waals surface area contributed by atoms with Crippen LogP contribution in [-0.2, 0) is 0 Å². The summed E-state index contributed by atoms with van der Waals surface area (Å²) < 4.78 is 0. The third-order valence-corrected chi connectivity index (χ3v) is 3.57. The van der Waals surface area contributed by atoms with Gasteiger partial charge in [-0.3, -0.25) is 0 Å². The summed E-state index contributed by atoms with van der Waals surface area (Å²) in [6, 6.07) is 23.7. The summed E-state index contributed by atoms with van der Waals surface area (Å²) in [7, 11) is 0. The number of nitrogens with two attached hydrogens (primary N) is 3. The van der Waals surface area contributed by atoms with Crippen molar-refractivity contribution < 1.29 is 0 Å². The molecule has 0 amide bonds. The molecule has 4 heteroatoms. The third-order valence-electron chi connectivity index (χ3n) is 3.57. The molecule has 0 bridgehead atoms. The largest absolute Gasteiger partial charge is 0.397 e. The Morgan fingerprint density at radius 2 is 1.05 bits per heavy atom. The van der Waals surface area contributed by atoms with E-state index in [0.717, 1.165) is 17.1 Å². The lowest BCUT2D eigenvalue weighted by atomic mass is 10.1. The number of para-hydroxylation sites is 2. The molecule has 4 nitrogen and oxygen atoms in total. The highest BCUT2D eigenvalue weighted by Crippen LogP contribution is 2.41. The number of hydrogen-bond acceptors (Lipinski definition) is 4. The number of nitrogens with zero attached hydrogens (tertiary/aromatic N) is 1. The molecule has 0 saturated heterocycles. The summed E-state index contributed by atoms with van der Waals surface area (Å²) in [5.74, 6) is 0. The SMILES string of the molecule is Nc1ccc(N(c2ccccc2)c2ccccc2)c(N)c1N. The van der Waals surface area contributed by atoms with Crippen molar-refractivity contribution in [2.45, 2.75) is 0 Å². The quantitative estimate of drug-likeness (QED) is 0.639. The first kappa shape index (κ1) is 13.8. The molecular formula is C18H18N4. The standard InChI is InChI=1S/C18H18N4/c19-15-11-12-16(18(21)17(15)20)22(13-7-3-1-4-8-13)14-9-5-2-6-10-14/h1-12H,19-21H2. The van der Waals surface area contributed by atoms with Gasteiger partial charge in [0.05, 0.1) is 22.7 Å². The Hall–Kier alpha value is -3.14. The summed E-state index contributed by atoms with van der Waals surface area (Å²) in [6.07, 6.45) is 0. The first-order valence-corrected chi connectivity index (χ1v) is 7.02. The van der Waals surface area contributed by atoms with Crippen LogP contribution in [0.1, 0.15) is 0 Å². The lowest BCUT2D eigenvalue weighted by Crippen LogP contribution is -2.13. The summed E-state index contributed by atoms with van der Waals surface area (Å²) in [6.45, 7) is 0. The fourth-order valence-corrected chi connectivity index (χ4v) is 2.42. The number of anilines is 6. The van der Waals surface area contributed by atoms with Gasteiger partial charge >= 0.3 is 0 Å². The highest BCUT2D eigenvalue weighted by Gasteiger charge is 2.16. The third kappa shape index (κ3) is 2.42. The smallest absolute Gasteiger partial charge is 0.0814 e. The molecule has 0 saturated carbocycles. The van der Waals surface area contributed by atoms with Gasteiger partial charge in [0.1, 0.15) is 0 Å². The zero-order chi connectivity index (χ0) is 15.5. The molecule has 0 fully saturated rings. The van der Waals surface area contributed by atoms with Gasteiger partial charge in [0.2, 0.25) is 0 Å². The van der Waals surface area contributed by atoms with E-state index in [-0.39, 0.29) is 0 Å². The van der Waals surface area contributed by atoms with Crippen molar-refractivity contribution in [2.24, 2.45) is 0 Å². The first-order chi connectivity index (χ1) is 10.7. The highest BCUT2D eigenvalue weighted by atomic mass is 15.2. The van der Waals surface area contributed by atoms with Crippen molar-refractivity contribution in [2.75, 3.05) is 22.1 Å². The van der Waals surface area contributed by atoms with Crippen LogP contribution in [0.3, 0.4) is 0 Å². The number of rotatable bonds is 3. The minimum absolute atomic E-state index is 0.411. The van der Waals surface area contributed by atoms with Crippen molar-refractivity contribution in [3.8, 4) is 0 Å². The lowest BCUT2D eigenvalue weighted by Gasteiger charge is -2.27. The Balaban J connectivity index is 2.21. The monoisotopic (exact) mass is 290 g/mol. The second-order valence-electron chi connectivity index (χ2n) is 5.01. The fraction of sp³-hybridized carbons (Fsp3) is 0. The molecule has 6 N–H and O–H groups in total. The number of nitrogen functional groups attached to an aromatic ring is 3. The molecule has 0 aliphatic rings. The Labute approximate surface area is 129 Å². The zero-order valence-electron chi connectivity index (χ0n) is 12.1. The maximum absolute atomic E-state index is 6.21. The van der Waals surface area contributed by atoms with Crippen molar-refractivity contribution in [3.05, 3.63) is 72.8 Å². The molecule has 3 rings (SSSR count). The van der Waals surface area contributed by atoms with Crippen molar-refractivity contribution in [3.63, 3.8) is 0 Å². The molecule has 3 aromatic rings. The van der Waals surface area contributed by atoms with Gasteiger partial charge in [-0.05, 0) is 36.4 Å². The van der Waals surface area contributed by atoms with Crippen LogP contribution in [0, 0.1) is 0 Å².